The molecule has 1 aromatic rings. The van der Waals surface area contributed by atoms with Crippen molar-refractivity contribution in [2.75, 3.05) is 39.3 Å². The number of aromatic hydroxyl groups is 1. The van der Waals surface area contributed by atoms with Crippen molar-refractivity contribution >= 4 is 34.8 Å². The number of fused-ring (bicyclic) bond motifs is 3. The highest BCUT2D eigenvalue weighted by Crippen LogP contribution is 2.58. The highest BCUT2D eigenvalue weighted by molar-refractivity contribution is 6.23. The van der Waals surface area contributed by atoms with Crippen molar-refractivity contribution in [2.45, 2.75) is 24.9 Å². The van der Waals surface area contributed by atoms with Crippen LogP contribution < -0.4 is 16.0 Å². The van der Waals surface area contributed by atoms with Crippen LogP contribution >= 0.6 is 0 Å². The fourth-order valence-electron chi connectivity index (χ4n) is 5.90. The molecule has 0 heterocycles. The summed E-state index contributed by atoms with van der Waals surface area (Å²) in [5.74, 6) is -7.08. The highest BCUT2D eigenvalue weighted by atomic mass is 16.5. The summed E-state index contributed by atoms with van der Waals surface area (Å²) in [6, 6.07) is 2.99. The average Bonchev–Trinajstić information content (AvgIpc) is 2.80. The summed E-state index contributed by atoms with van der Waals surface area (Å²) in [4.78, 5) is 52.6. The van der Waals surface area contributed by atoms with E-state index < -0.39 is 63.8 Å². The molecule has 198 valence electrons. The van der Waals surface area contributed by atoms with Gasteiger partial charge in [-0.3, -0.25) is 19.2 Å². The first-order valence-corrected chi connectivity index (χ1v) is 11.6. The Balaban J connectivity index is 1.99. The SMILES string of the molecule is COCC(=O)NC[C@@]12Cc3c(N(C)C)ccc(O)c3C(O)=C1C(=O)[C@]1(O)C(O)=C(C(N)=O)C(=O)C[C@@H]1C2. The largest absolute Gasteiger partial charge is 0.508 e. The molecule has 12 nitrogen and oxygen atoms in total. The van der Waals surface area contributed by atoms with Gasteiger partial charge in [-0.05, 0) is 30.5 Å². The zero-order valence-corrected chi connectivity index (χ0v) is 20.6. The third-order valence-corrected chi connectivity index (χ3v) is 7.52. The molecule has 0 saturated heterocycles. The van der Waals surface area contributed by atoms with E-state index in [-0.39, 0.29) is 42.9 Å². The lowest BCUT2D eigenvalue weighted by Crippen LogP contribution is -2.62. The second-order valence-corrected chi connectivity index (χ2v) is 9.95. The van der Waals surface area contributed by atoms with Crippen LogP contribution in [0.5, 0.6) is 5.75 Å². The molecule has 1 aromatic carbocycles. The zero-order chi connectivity index (χ0) is 27.4. The van der Waals surface area contributed by atoms with Gasteiger partial charge < -0.3 is 41.1 Å². The summed E-state index contributed by atoms with van der Waals surface area (Å²) in [6.07, 6.45) is -0.567. The maximum atomic E-state index is 14.0. The molecule has 0 unspecified atom stereocenters. The Morgan fingerprint density at radius 1 is 1.22 bits per heavy atom. The van der Waals surface area contributed by atoms with Crippen molar-refractivity contribution in [3.63, 3.8) is 0 Å². The Morgan fingerprint density at radius 3 is 2.49 bits per heavy atom. The Kier molecular flexibility index (Phi) is 6.29. The number of nitrogens with two attached hydrogens (primary N) is 1. The first-order valence-electron chi connectivity index (χ1n) is 11.6. The summed E-state index contributed by atoms with van der Waals surface area (Å²) in [7, 11) is 4.85. The number of phenols is 1. The van der Waals surface area contributed by atoms with Gasteiger partial charge in [0.1, 0.15) is 29.4 Å². The molecule has 1 fully saturated rings. The van der Waals surface area contributed by atoms with E-state index in [1.807, 2.05) is 0 Å². The number of ketones is 2. The van der Waals surface area contributed by atoms with Gasteiger partial charge in [-0.25, -0.2) is 0 Å². The van der Waals surface area contributed by atoms with Crippen LogP contribution in [0.1, 0.15) is 24.0 Å². The number of hydrogen-bond donors (Lipinski definition) is 6. The van der Waals surface area contributed by atoms with Gasteiger partial charge in [0.25, 0.3) is 5.91 Å². The maximum Gasteiger partial charge on any atom is 0.255 e. The molecule has 0 aliphatic heterocycles. The number of Topliss-reactive ketones (excluding diaryl/α,β-unsaturated/α-hetero) is 2. The monoisotopic (exact) mass is 515 g/mol. The first-order chi connectivity index (χ1) is 17.3. The molecule has 7 N–H and O–H groups in total. The number of anilines is 1. The zero-order valence-electron chi connectivity index (χ0n) is 20.6. The van der Waals surface area contributed by atoms with Gasteiger partial charge in [-0.1, -0.05) is 0 Å². The number of aliphatic hydroxyl groups excluding tert-OH is 2. The fraction of sp³-hybridized carbons (Fsp3) is 0.440. The Hall–Kier alpha value is -3.90. The molecule has 3 aliphatic carbocycles. The number of hydrogen-bond acceptors (Lipinski definition) is 10. The van der Waals surface area contributed by atoms with Crippen LogP contribution in [-0.2, 0) is 30.3 Å². The lowest BCUT2D eigenvalue weighted by molar-refractivity contribution is -0.151. The smallest absolute Gasteiger partial charge is 0.255 e. The van der Waals surface area contributed by atoms with Crippen molar-refractivity contribution in [2.24, 2.45) is 17.1 Å². The second kappa shape index (κ2) is 8.89. The molecule has 12 heteroatoms. The lowest BCUT2D eigenvalue weighted by Gasteiger charge is -2.52. The van der Waals surface area contributed by atoms with Gasteiger partial charge in [-0.15, -0.1) is 0 Å². The van der Waals surface area contributed by atoms with Crippen molar-refractivity contribution in [1.82, 2.24) is 5.32 Å². The predicted molar refractivity (Wildman–Crippen MR) is 130 cm³/mol. The molecular formula is C25H29N3O9. The van der Waals surface area contributed by atoms with E-state index in [4.69, 9.17) is 10.5 Å². The number of ether oxygens (including phenoxy) is 1. The average molecular weight is 516 g/mol. The van der Waals surface area contributed by atoms with Gasteiger partial charge in [-0.2, -0.15) is 0 Å². The molecule has 2 amide bonds. The van der Waals surface area contributed by atoms with Crippen LogP contribution in [0.3, 0.4) is 0 Å². The van der Waals surface area contributed by atoms with E-state index >= 15 is 0 Å². The Labute approximate surface area is 212 Å². The first kappa shape index (κ1) is 26.2. The van der Waals surface area contributed by atoms with Gasteiger partial charge in [0.2, 0.25) is 11.7 Å². The molecule has 0 radical (unpaired) electrons. The number of aliphatic hydroxyl groups is 3. The number of amides is 2. The highest BCUT2D eigenvalue weighted by Gasteiger charge is 2.64. The molecule has 3 aliphatic rings. The molecule has 3 atom stereocenters. The molecule has 0 aromatic heterocycles. The van der Waals surface area contributed by atoms with Gasteiger partial charge in [0, 0.05) is 56.8 Å². The van der Waals surface area contributed by atoms with E-state index in [0.29, 0.717) is 11.3 Å². The molecular weight excluding hydrogens is 486 g/mol. The van der Waals surface area contributed by atoms with E-state index in [9.17, 15) is 39.6 Å². The van der Waals surface area contributed by atoms with Crippen molar-refractivity contribution in [1.29, 1.82) is 0 Å². The Bertz CT molecular complexity index is 1300. The number of nitrogens with zero attached hydrogens (tertiary/aromatic N) is 1. The van der Waals surface area contributed by atoms with Gasteiger partial charge in [0.15, 0.2) is 11.4 Å². The van der Waals surface area contributed by atoms with Crippen LogP contribution in [0.2, 0.25) is 0 Å². The van der Waals surface area contributed by atoms with Gasteiger partial charge in [0.05, 0.1) is 5.56 Å². The minimum absolute atomic E-state index is 0.0269. The van der Waals surface area contributed by atoms with Gasteiger partial charge >= 0.3 is 0 Å². The Morgan fingerprint density at radius 2 is 1.89 bits per heavy atom. The number of primary amides is 1. The van der Waals surface area contributed by atoms with Crippen LogP contribution in [0.15, 0.2) is 29.0 Å². The molecule has 4 rings (SSSR count). The predicted octanol–water partition coefficient (Wildman–Crippen LogP) is -0.377. The molecule has 0 spiro atoms. The van der Waals surface area contributed by atoms with E-state index in [1.165, 1.54) is 13.2 Å². The number of carbonyl (C=O) groups excluding carboxylic acids is 4. The van der Waals surface area contributed by atoms with Crippen LogP contribution in [0.25, 0.3) is 5.76 Å². The number of nitrogens with one attached hydrogen (secondary N) is 1. The number of phenolic OH excluding ortho intramolecular Hbond substituents is 1. The van der Waals surface area contributed by atoms with E-state index in [0.717, 1.165) is 0 Å². The molecule has 0 bridgehead atoms. The summed E-state index contributed by atoms with van der Waals surface area (Å²) >= 11 is 0. The minimum atomic E-state index is -2.71. The van der Waals surface area contributed by atoms with E-state index in [1.54, 1.807) is 25.1 Å². The lowest BCUT2D eigenvalue weighted by atomic mass is 9.52. The molecule has 37 heavy (non-hydrogen) atoms. The van der Waals surface area contributed by atoms with E-state index in [2.05, 4.69) is 5.32 Å². The van der Waals surface area contributed by atoms with Crippen LogP contribution in [0, 0.1) is 11.3 Å². The number of rotatable bonds is 6. The summed E-state index contributed by atoms with van der Waals surface area (Å²) in [6.45, 7) is -0.455. The summed E-state index contributed by atoms with van der Waals surface area (Å²) < 4.78 is 4.86. The normalized spacial score (nSPS) is 26.9. The third kappa shape index (κ3) is 3.75. The van der Waals surface area contributed by atoms with Crippen molar-refractivity contribution < 1.29 is 44.3 Å². The fourth-order valence-corrected chi connectivity index (χ4v) is 5.90. The summed E-state index contributed by atoms with van der Waals surface area (Å²) in [5, 5.41) is 47.1. The minimum Gasteiger partial charge on any atom is -0.508 e. The topological polar surface area (TPSA) is 200 Å². The quantitative estimate of drug-likeness (QED) is 0.271. The summed E-state index contributed by atoms with van der Waals surface area (Å²) in [5.41, 5.74) is 1.07. The van der Waals surface area contributed by atoms with Crippen molar-refractivity contribution in [3.05, 3.63) is 40.2 Å². The van der Waals surface area contributed by atoms with Crippen LogP contribution in [-0.4, -0.2) is 83.8 Å². The maximum absolute atomic E-state index is 14.0. The standard InChI is InChI=1S/C25H29N3O9/c1-28(2)13-4-5-14(29)17-12(13)8-24(10-27-16(31)9-37-3)7-11-6-15(30)18(23(26)35)21(33)25(11,36)22(34)19(24)20(17)32/h4-5,11,29,32-33,36H,6-10H2,1-3H3,(H2,26,35)(H,27,31)/t11-,24-,25-/m1/s1. The van der Waals surface area contributed by atoms with Crippen molar-refractivity contribution in [3.8, 4) is 5.75 Å². The third-order valence-electron chi connectivity index (χ3n) is 7.52. The number of benzene rings is 1. The van der Waals surface area contributed by atoms with Crippen LogP contribution in [0.4, 0.5) is 5.69 Å². The second-order valence-electron chi connectivity index (χ2n) is 9.95. The number of carbonyl (C=O) groups is 4. The number of methoxy groups -OCH3 is 1. The molecule has 1 saturated carbocycles.